The molecule has 6 heteroatoms. The first-order valence-corrected chi connectivity index (χ1v) is 9.10. The van der Waals surface area contributed by atoms with Crippen LogP contribution >= 0.6 is 11.6 Å². The number of nitrogens with zero attached hydrogens (tertiary/aromatic N) is 1. The Morgan fingerprint density at radius 2 is 1.96 bits per heavy atom. The number of rotatable bonds is 5. The fourth-order valence-corrected chi connectivity index (χ4v) is 2.99. The molecule has 1 heterocycles. The molecule has 4 rings (SSSR count). The van der Waals surface area contributed by atoms with E-state index in [0.29, 0.717) is 33.4 Å². The maximum Gasteiger partial charge on any atom is 0.262 e. The molecule has 0 aliphatic carbocycles. The number of aryl methyl sites for hydroxylation is 1. The fourth-order valence-electron chi connectivity index (χ4n) is 2.80. The van der Waals surface area contributed by atoms with Crippen molar-refractivity contribution in [3.05, 3.63) is 77.3 Å². The van der Waals surface area contributed by atoms with E-state index in [0.717, 1.165) is 11.1 Å². The zero-order valence-electron chi connectivity index (χ0n) is 15.1. The van der Waals surface area contributed by atoms with Crippen LogP contribution in [-0.2, 0) is 4.79 Å². The van der Waals surface area contributed by atoms with Gasteiger partial charge in [-0.15, -0.1) is 0 Å². The van der Waals surface area contributed by atoms with Crippen LogP contribution in [0.25, 0.3) is 22.6 Å². The summed E-state index contributed by atoms with van der Waals surface area (Å²) < 4.78 is 11.3. The monoisotopic (exact) mass is 392 g/mol. The van der Waals surface area contributed by atoms with Crippen molar-refractivity contribution in [2.45, 2.75) is 6.92 Å². The van der Waals surface area contributed by atoms with Crippen LogP contribution in [0.4, 0.5) is 5.69 Å². The number of anilines is 1. The van der Waals surface area contributed by atoms with E-state index < -0.39 is 0 Å². The summed E-state index contributed by atoms with van der Waals surface area (Å²) in [5, 5.41) is 3.42. The third-order valence-corrected chi connectivity index (χ3v) is 4.34. The molecule has 1 amide bonds. The highest BCUT2D eigenvalue weighted by atomic mass is 35.5. The first-order chi connectivity index (χ1) is 13.6. The van der Waals surface area contributed by atoms with Gasteiger partial charge in [0.25, 0.3) is 5.91 Å². The molecular weight excluding hydrogens is 376 g/mol. The normalized spacial score (nSPS) is 10.8. The summed E-state index contributed by atoms with van der Waals surface area (Å²) in [6.45, 7) is 1.89. The van der Waals surface area contributed by atoms with Crippen molar-refractivity contribution < 1.29 is 13.9 Å². The van der Waals surface area contributed by atoms with Gasteiger partial charge in [0.2, 0.25) is 5.89 Å². The van der Waals surface area contributed by atoms with Gasteiger partial charge in [-0.3, -0.25) is 4.79 Å². The van der Waals surface area contributed by atoms with Crippen LogP contribution in [0.5, 0.6) is 5.75 Å². The lowest BCUT2D eigenvalue weighted by Crippen LogP contribution is -2.20. The number of hydrogen-bond acceptors (Lipinski definition) is 4. The van der Waals surface area contributed by atoms with Crippen molar-refractivity contribution >= 4 is 34.3 Å². The summed E-state index contributed by atoms with van der Waals surface area (Å²) in [4.78, 5) is 16.7. The largest absolute Gasteiger partial charge is 0.484 e. The summed E-state index contributed by atoms with van der Waals surface area (Å²) in [5.74, 6) is 0.886. The van der Waals surface area contributed by atoms with Crippen LogP contribution in [0.3, 0.4) is 0 Å². The summed E-state index contributed by atoms with van der Waals surface area (Å²) in [7, 11) is 0. The molecule has 0 saturated heterocycles. The predicted octanol–water partition coefficient (Wildman–Crippen LogP) is 5.47. The van der Waals surface area contributed by atoms with Crippen LogP contribution in [0.1, 0.15) is 5.56 Å². The van der Waals surface area contributed by atoms with Gasteiger partial charge in [0.15, 0.2) is 12.2 Å². The maximum atomic E-state index is 12.2. The quantitative estimate of drug-likeness (QED) is 0.488. The van der Waals surface area contributed by atoms with E-state index in [1.807, 2.05) is 43.3 Å². The van der Waals surface area contributed by atoms with Gasteiger partial charge in [0.1, 0.15) is 11.3 Å². The van der Waals surface area contributed by atoms with Crippen LogP contribution in [0.15, 0.2) is 71.1 Å². The summed E-state index contributed by atoms with van der Waals surface area (Å²) >= 11 is 6.03. The third-order valence-electron chi connectivity index (χ3n) is 4.10. The lowest BCUT2D eigenvalue weighted by atomic mass is 10.2. The minimum absolute atomic E-state index is 0.0753. The minimum atomic E-state index is -0.251. The molecule has 0 aliphatic rings. The van der Waals surface area contributed by atoms with Gasteiger partial charge >= 0.3 is 0 Å². The zero-order chi connectivity index (χ0) is 19.5. The van der Waals surface area contributed by atoms with E-state index in [-0.39, 0.29) is 12.5 Å². The van der Waals surface area contributed by atoms with E-state index in [4.69, 9.17) is 20.8 Å². The number of fused-ring (bicyclic) bond motifs is 1. The second-order valence-corrected chi connectivity index (χ2v) is 6.80. The van der Waals surface area contributed by atoms with Crippen molar-refractivity contribution in [3.8, 4) is 17.2 Å². The van der Waals surface area contributed by atoms with E-state index >= 15 is 0 Å². The number of carbonyl (C=O) groups excluding carboxylic acids is 1. The number of nitrogens with one attached hydrogen (secondary N) is 1. The average molecular weight is 393 g/mol. The van der Waals surface area contributed by atoms with E-state index in [2.05, 4.69) is 10.3 Å². The fraction of sp³-hybridized carbons (Fsp3) is 0.0909. The second-order valence-electron chi connectivity index (χ2n) is 6.37. The number of carbonyl (C=O) groups is 1. The smallest absolute Gasteiger partial charge is 0.262 e. The van der Waals surface area contributed by atoms with E-state index in [9.17, 15) is 4.79 Å². The van der Waals surface area contributed by atoms with Crippen LogP contribution in [0.2, 0.25) is 5.02 Å². The lowest BCUT2D eigenvalue weighted by molar-refractivity contribution is -0.118. The molecule has 1 N–H and O–H groups in total. The lowest BCUT2D eigenvalue weighted by Gasteiger charge is -2.08. The van der Waals surface area contributed by atoms with Crippen molar-refractivity contribution in [2.24, 2.45) is 0 Å². The molecule has 140 valence electrons. The van der Waals surface area contributed by atoms with E-state index in [1.165, 1.54) is 0 Å². The van der Waals surface area contributed by atoms with Gasteiger partial charge < -0.3 is 14.5 Å². The number of ether oxygens (including phenoxy) is 1. The molecule has 0 unspecified atom stereocenters. The highest BCUT2D eigenvalue weighted by Gasteiger charge is 2.11. The molecule has 0 saturated carbocycles. The standard InChI is InChI=1S/C22H17ClN2O3/c1-14-4-2-7-18(10-14)27-13-21(26)24-17-8-9-20-19(12-17)25-22(28-20)15-5-3-6-16(23)11-15/h2-12H,13H2,1H3,(H,24,26). The molecule has 4 aromatic rings. The van der Waals surface area contributed by atoms with Crippen molar-refractivity contribution in [3.63, 3.8) is 0 Å². The Kier molecular flexibility index (Phi) is 5.00. The molecule has 1 aromatic heterocycles. The van der Waals surface area contributed by atoms with Gasteiger partial charge in [-0.05, 0) is 61.0 Å². The number of amides is 1. The second kappa shape index (κ2) is 7.74. The Hall–Kier alpha value is -3.31. The highest BCUT2D eigenvalue weighted by molar-refractivity contribution is 6.30. The Bertz CT molecular complexity index is 1150. The molecule has 5 nitrogen and oxygen atoms in total. The zero-order valence-corrected chi connectivity index (χ0v) is 15.9. The van der Waals surface area contributed by atoms with Crippen LogP contribution < -0.4 is 10.1 Å². The topological polar surface area (TPSA) is 64.4 Å². The maximum absolute atomic E-state index is 12.2. The molecule has 0 radical (unpaired) electrons. The third kappa shape index (κ3) is 4.15. The van der Waals surface area contributed by atoms with Gasteiger partial charge in [0, 0.05) is 16.3 Å². The average Bonchev–Trinajstić information content (AvgIpc) is 3.10. The van der Waals surface area contributed by atoms with Crippen LogP contribution in [0, 0.1) is 6.92 Å². The highest BCUT2D eigenvalue weighted by Crippen LogP contribution is 2.27. The predicted molar refractivity (Wildman–Crippen MR) is 110 cm³/mol. The Balaban J connectivity index is 1.46. The summed E-state index contributed by atoms with van der Waals surface area (Å²) in [5.41, 5.74) is 3.76. The number of oxazole rings is 1. The molecular formula is C22H17ClN2O3. The first-order valence-electron chi connectivity index (χ1n) is 8.73. The van der Waals surface area contributed by atoms with Gasteiger partial charge in [-0.2, -0.15) is 0 Å². The number of hydrogen-bond donors (Lipinski definition) is 1. The van der Waals surface area contributed by atoms with Crippen molar-refractivity contribution in [2.75, 3.05) is 11.9 Å². The van der Waals surface area contributed by atoms with Gasteiger partial charge in [0.05, 0.1) is 0 Å². The summed E-state index contributed by atoms with van der Waals surface area (Å²) in [6.07, 6.45) is 0. The van der Waals surface area contributed by atoms with Gasteiger partial charge in [-0.1, -0.05) is 29.8 Å². The molecule has 0 spiro atoms. The van der Waals surface area contributed by atoms with Gasteiger partial charge in [-0.25, -0.2) is 4.98 Å². The Morgan fingerprint density at radius 1 is 1.11 bits per heavy atom. The molecule has 3 aromatic carbocycles. The SMILES string of the molecule is Cc1cccc(OCC(=O)Nc2ccc3oc(-c4cccc(Cl)c4)nc3c2)c1. The van der Waals surface area contributed by atoms with Crippen LogP contribution in [-0.4, -0.2) is 17.5 Å². The molecule has 0 fully saturated rings. The number of benzene rings is 3. The number of halogens is 1. The first kappa shape index (κ1) is 18.1. The molecule has 0 atom stereocenters. The molecule has 0 bridgehead atoms. The Morgan fingerprint density at radius 3 is 2.79 bits per heavy atom. The van der Waals surface area contributed by atoms with Crippen molar-refractivity contribution in [1.82, 2.24) is 4.98 Å². The molecule has 0 aliphatic heterocycles. The Labute approximate surface area is 166 Å². The minimum Gasteiger partial charge on any atom is -0.484 e. The molecule has 28 heavy (non-hydrogen) atoms. The summed E-state index contributed by atoms with van der Waals surface area (Å²) in [6, 6.07) is 20.2. The van der Waals surface area contributed by atoms with Crippen molar-refractivity contribution in [1.29, 1.82) is 0 Å². The number of aromatic nitrogens is 1. The van der Waals surface area contributed by atoms with E-state index in [1.54, 1.807) is 30.3 Å².